The molecular weight excluding hydrogens is 396 g/mol. The predicted molar refractivity (Wildman–Crippen MR) is 119 cm³/mol. The molecule has 0 unspecified atom stereocenters. The van der Waals surface area contributed by atoms with Gasteiger partial charge in [-0.15, -0.1) is 0 Å². The number of nitrogens with zero attached hydrogens (tertiary/aromatic N) is 3. The second-order valence-electron chi connectivity index (χ2n) is 7.78. The summed E-state index contributed by atoms with van der Waals surface area (Å²) in [6, 6.07) is 10.3. The van der Waals surface area contributed by atoms with Gasteiger partial charge in [0.25, 0.3) is 11.6 Å². The lowest BCUT2D eigenvalue weighted by molar-refractivity contribution is -0.384. The lowest BCUT2D eigenvalue weighted by Crippen LogP contribution is -2.29. The molecule has 1 aromatic carbocycles. The van der Waals surface area contributed by atoms with Crippen molar-refractivity contribution in [3.8, 4) is 11.3 Å². The van der Waals surface area contributed by atoms with Crippen LogP contribution >= 0.6 is 0 Å². The molecule has 9 nitrogen and oxygen atoms in total. The standard InChI is InChI=1S/C22H26N6O3/c23-10-11-24-22(29)16-9-12-27-19(14-16)26-20(15-5-4-8-18(13-15)28(30)31)21(27)25-17-6-2-1-3-7-17/h4-5,8-9,12-14,17,25H,1-3,6-7,10-11,23H2,(H,24,29). The molecule has 1 saturated carbocycles. The minimum atomic E-state index is -0.409. The first-order chi connectivity index (χ1) is 15.1. The molecule has 2 aromatic heterocycles. The molecule has 1 aliphatic carbocycles. The normalized spacial score (nSPS) is 14.5. The molecule has 2 heterocycles. The SMILES string of the molecule is NCCNC(=O)c1ccn2c(NC3CCCCC3)c(-c3cccc([N+](=O)[O-])c3)nc2c1. The van der Waals surface area contributed by atoms with Crippen molar-refractivity contribution in [2.75, 3.05) is 18.4 Å². The molecule has 0 aliphatic heterocycles. The Morgan fingerprint density at radius 3 is 2.77 bits per heavy atom. The van der Waals surface area contributed by atoms with Gasteiger partial charge in [-0.2, -0.15) is 0 Å². The summed E-state index contributed by atoms with van der Waals surface area (Å²) in [6.45, 7) is 0.760. The molecule has 0 bridgehead atoms. The number of pyridine rings is 1. The fourth-order valence-electron chi connectivity index (χ4n) is 4.02. The van der Waals surface area contributed by atoms with E-state index in [2.05, 4.69) is 10.6 Å². The van der Waals surface area contributed by atoms with Crippen LogP contribution < -0.4 is 16.4 Å². The molecule has 9 heteroatoms. The third-order valence-electron chi connectivity index (χ3n) is 5.59. The summed E-state index contributed by atoms with van der Waals surface area (Å²) < 4.78 is 1.91. The molecule has 0 atom stereocenters. The number of benzene rings is 1. The van der Waals surface area contributed by atoms with Gasteiger partial charge < -0.3 is 16.4 Å². The first-order valence-electron chi connectivity index (χ1n) is 10.6. The van der Waals surface area contributed by atoms with Gasteiger partial charge in [-0.1, -0.05) is 31.4 Å². The van der Waals surface area contributed by atoms with E-state index >= 15 is 0 Å². The minimum absolute atomic E-state index is 0.0139. The highest BCUT2D eigenvalue weighted by atomic mass is 16.6. The van der Waals surface area contributed by atoms with Crippen molar-refractivity contribution in [1.29, 1.82) is 0 Å². The third kappa shape index (κ3) is 4.51. The van der Waals surface area contributed by atoms with Crippen molar-refractivity contribution in [3.05, 3.63) is 58.3 Å². The van der Waals surface area contributed by atoms with Gasteiger partial charge >= 0.3 is 0 Å². The van der Waals surface area contributed by atoms with E-state index in [9.17, 15) is 14.9 Å². The van der Waals surface area contributed by atoms with E-state index in [-0.39, 0.29) is 11.6 Å². The number of nitro groups is 1. The van der Waals surface area contributed by atoms with E-state index in [1.807, 2.05) is 16.7 Å². The number of amides is 1. The molecule has 0 radical (unpaired) electrons. The summed E-state index contributed by atoms with van der Waals surface area (Å²) in [5, 5.41) is 17.7. The van der Waals surface area contributed by atoms with Crippen molar-refractivity contribution in [2.45, 2.75) is 38.1 Å². The van der Waals surface area contributed by atoms with E-state index in [0.717, 1.165) is 18.7 Å². The second-order valence-corrected chi connectivity index (χ2v) is 7.78. The maximum Gasteiger partial charge on any atom is 0.270 e. The monoisotopic (exact) mass is 422 g/mol. The zero-order valence-corrected chi connectivity index (χ0v) is 17.2. The molecule has 3 aromatic rings. The first-order valence-corrected chi connectivity index (χ1v) is 10.6. The lowest BCUT2D eigenvalue weighted by Gasteiger charge is -2.24. The number of rotatable bonds is 7. The Kier molecular flexibility index (Phi) is 6.13. The molecule has 4 rings (SSSR count). The van der Waals surface area contributed by atoms with Gasteiger partial charge in [0.15, 0.2) is 0 Å². The van der Waals surface area contributed by atoms with Crippen molar-refractivity contribution >= 4 is 23.1 Å². The van der Waals surface area contributed by atoms with E-state index in [4.69, 9.17) is 10.7 Å². The molecule has 1 amide bonds. The fraction of sp³-hybridized carbons (Fsp3) is 0.364. The molecule has 1 fully saturated rings. The van der Waals surface area contributed by atoms with Gasteiger partial charge in [0.2, 0.25) is 0 Å². The highest BCUT2D eigenvalue weighted by Crippen LogP contribution is 2.33. The molecule has 0 saturated heterocycles. The molecular formula is C22H26N6O3. The maximum absolute atomic E-state index is 12.4. The van der Waals surface area contributed by atoms with Gasteiger partial charge in [-0.25, -0.2) is 4.98 Å². The van der Waals surface area contributed by atoms with Crippen molar-refractivity contribution < 1.29 is 9.72 Å². The largest absolute Gasteiger partial charge is 0.367 e. The Bertz CT molecular complexity index is 1100. The zero-order chi connectivity index (χ0) is 21.8. The number of nitrogens with one attached hydrogen (secondary N) is 2. The van der Waals surface area contributed by atoms with Crippen LogP contribution in [-0.4, -0.2) is 39.3 Å². The summed E-state index contributed by atoms with van der Waals surface area (Å²) in [5.74, 6) is 0.575. The Hall–Kier alpha value is -3.46. The highest BCUT2D eigenvalue weighted by Gasteiger charge is 2.21. The number of aromatic nitrogens is 2. The summed E-state index contributed by atoms with van der Waals surface area (Å²) in [6.07, 6.45) is 7.54. The van der Waals surface area contributed by atoms with Crippen molar-refractivity contribution in [3.63, 3.8) is 0 Å². The number of anilines is 1. The lowest BCUT2D eigenvalue weighted by atomic mass is 9.95. The van der Waals surface area contributed by atoms with Crippen LogP contribution in [0.3, 0.4) is 0 Å². The van der Waals surface area contributed by atoms with Gasteiger partial charge in [0, 0.05) is 48.6 Å². The van der Waals surface area contributed by atoms with E-state index in [1.165, 1.54) is 31.4 Å². The van der Waals surface area contributed by atoms with Crippen LogP contribution in [0.25, 0.3) is 16.9 Å². The Morgan fingerprint density at radius 1 is 1.23 bits per heavy atom. The number of hydrogen-bond donors (Lipinski definition) is 3. The average Bonchev–Trinajstić information content (AvgIpc) is 3.15. The number of carbonyl (C=O) groups is 1. The molecule has 4 N–H and O–H groups in total. The number of hydrogen-bond acceptors (Lipinski definition) is 6. The average molecular weight is 422 g/mol. The quantitative estimate of drug-likeness (QED) is 0.396. The number of imidazole rings is 1. The van der Waals surface area contributed by atoms with Crippen LogP contribution in [0.1, 0.15) is 42.5 Å². The van der Waals surface area contributed by atoms with Crippen molar-refractivity contribution in [1.82, 2.24) is 14.7 Å². The maximum atomic E-state index is 12.4. The molecule has 0 spiro atoms. The number of nitrogens with two attached hydrogens (primary N) is 1. The van der Waals surface area contributed by atoms with E-state index in [0.29, 0.717) is 41.6 Å². The van der Waals surface area contributed by atoms with Gasteiger partial charge in [0.1, 0.15) is 17.2 Å². The third-order valence-corrected chi connectivity index (χ3v) is 5.59. The Labute approximate surface area is 179 Å². The van der Waals surface area contributed by atoms with Crippen LogP contribution in [0.15, 0.2) is 42.6 Å². The minimum Gasteiger partial charge on any atom is -0.367 e. The summed E-state index contributed by atoms with van der Waals surface area (Å²) in [5.41, 5.74) is 7.86. The van der Waals surface area contributed by atoms with Crippen LogP contribution in [0.5, 0.6) is 0 Å². The van der Waals surface area contributed by atoms with Crippen LogP contribution in [0.4, 0.5) is 11.5 Å². The zero-order valence-electron chi connectivity index (χ0n) is 17.2. The van der Waals surface area contributed by atoms with Crippen LogP contribution in [0.2, 0.25) is 0 Å². The summed E-state index contributed by atoms with van der Waals surface area (Å²) in [7, 11) is 0. The van der Waals surface area contributed by atoms with Crippen LogP contribution in [0, 0.1) is 10.1 Å². The number of nitro benzene ring substituents is 1. The first kappa shape index (κ1) is 20.8. The smallest absolute Gasteiger partial charge is 0.270 e. The van der Waals surface area contributed by atoms with Gasteiger partial charge in [-0.05, 0) is 25.0 Å². The van der Waals surface area contributed by atoms with Crippen molar-refractivity contribution in [2.24, 2.45) is 5.73 Å². The van der Waals surface area contributed by atoms with E-state index < -0.39 is 4.92 Å². The molecule has 162 valence electrons. The number of non-ortho nitro benzene ring substituents is 1. The Morgan fingerprint density at radius 2 is 2.03 bits per heavy atom. The highest BCUT2D eigenvalue weighted by molar-refractivity contribution is 5.95. The topological polar surface area (TPSA) is 128 Å². The Balaban J connectivity index is 1.78. The molecule has 1 aliphatic rings. The van der Waals surface area contributed by atoms with E-state index in [1.54, 1.807) is 18.2 Å². The summed E-state index contributed by atoms with van der Waals surface area (Å²) >= 11 is 0. The molecule has 31 heavy (non-hydrogen) atoms. The van der Waals surface area contributed by atoms with Gasteiger partial charge in [0.05, 0.1) is 4.92 Å². The number of fused-ring (bicyclic) bond motifs is 1. The van der Waals surface area contributed by atoms with Crippen LogP contribution in [-0.2, 0) is 0 Å². The summed E-state index contributed by atoms with van der Waals surface area (Å²) in [4.78, 5) is 28.0. The second kappa shape index (κ2) is 9.13. The fourth-order valence-corrected chi connectivity index (χ4v) is 4.02. The van der Waals surface area contributed by atoms with Gasteiger partial charge in [-0.3, -0.25) is 19.3 Å². The number of carbonyl (C=O) groups excluding carboxylic acids is 1. The predicted octanol–water partition coefficient (Wildman–Crippen LogP) is 3.34.